The minimum atomic E-state index is -0.0464. The van der Waals surface area contributed by atoms with E-state index in [0.29, 0.717) is 11.8 Å². The summed E-state index contributed by atoms with van der Waals surface area (Å²) in [7, 11) is 0. The van der Waals surface area contributed by atoms with Gasteiger partial charge in [-0.3, -0.25) is 4.79 Å². The van der Waals surface area contributed by atoms with Crippen LogP contribution in [0, 0.1) is 12.8 Å². The summed E-state index contributed by atoms with van der Waals surface area (Å²) >= 11 is 7.16. The Morgan fingerprint density at radius 2 is 2.00 bits per heavy atom. The number of halogens is 2. The van der Waals surface area contributed by atoms with Crippen molar-refractivity contribution in [1.82, 2.24) is 4.98 Å². The van der Waals surface area contributed by atoms with E-state index in [-0.39, 0.29) is 5.91 Å². The van der Waals surface area contributed by atoms with Gasteiger partial charge in [0.1, 0.15) is 0 Å². The van der Waals surface area contributed by atoms with Gasteiger partial charge in [-0.1, -0.05) is 29.8 Å². The average molecular weight is 478 g/mol. The van der Waals surface area contributed by atoms with Gasteiger partial charge in [-0.2, -0.15) is 0 Å². The minimum Gasteiger partial charge on any atom is -0.359 e. The first kappa shape index (κ1) is 18.1. The van der Waals surface area contributed by atoms with E-state index in [1.165, 1.54) is 24.1 Å². The zero-order chi connectivity index (χ0) is 18.6. The molecule has 1 amide bonds. The van der Waals surface area contributed by atoms with E-state index in [1.807, 2.05) is 19.1 Å². The smallest absolute Gasteiger partial charge is 0.256 e. The molecule has 0 spiro atoms. The standard InChI is InChI=1S/C21H22Br2N2O/c1-10(2)13-5-4-6-18-14(13)7-12(24-18)8-15-19-11(3)16(22)9-17(23)20(19)25-21(15)26/h7-10,13,24H,4-6H2,1-3H3,(H,25,26). The zero-order valence-electron chi connectivity index (χ0n) is 15.2. The number of benzene rings is 1. The van der Waals surface area contributed by atoms with E-state index in [0.717, 1.165) is 43.4 Å². The second-order valence-corrected chi connectivity index (χ2v) is 9.34. The van der Waals surface area contributed by atoms with Crippen molar-refractivity contribution in [2.75, 3.05) is 5.32 Å². The van der Waals surface area contributed by atoms with Crippen LogP contribution in [0.1, 0.15) is 60.7 Å². The quantitative estimate of drug-likeness (QED) is 0.481. The Morgan fingerprint density at radius 1 is 1.23 bits per heavy atom. The molecule has 4 rings (SSSR count). The Balaban J connectivity index is 1.81. The molecule has 0 bridgehead atoms. The number of aromatic amines is 1. The summed E-state index contributed by atoms with van der Waals surface area (Å²) in [6.07, 6.45) is 5.58. The van der Waals surface area contributed by atoms with Crippen LogP contribution in [0.4, 0.5) is 5.69 Å². The van der Waals surface area contributed by atoms with Gasteiger partial charge in [-0.25, -0.2) is 0 Å². The van der Waals surface area contributed by atoms with E-state index in [2.05, 4.69) is 62.1 Å². The molecule has 1 aromatic heterocycles. The molecule has 0 radical (unpaired) electrons. The summed E-state index contributed by atoms with van der Waals surface area (Å²) in [6, 6.07) is 4.23. The van der Waals surface area contributed by atoms with Crippen LogP contribution >= 0.6 is 31.9 Å². The van der Waals surface area contributed by atoms with Gasteiger partial charge in [0.2, 0.25) is 0 Å². The van der Waals surface area contributed by atoms with E-state index in [1.54, 1.807) is 0 Å². The van der Waals surface area contributed by atoms with Gasteiger partial charge in [0.25, 0.3) is 5.91 Å². The summed E-state index contributed by atoms with van der Waals surface area (Å²) in [4.78, 5) is 16.2. The summed E-state index contributed by atoms with van der Waals surface area (Å²) in [5, 5.41) is 3.00. The van der Waals surface area contributed by atoms with Crippen LogP contribution in [-0.4, -0.2) is 10.9 Å². The maximum atomic E-state index is 12.6. The van der Waals surface area contributed by atoms with Crippen molar-refractivity contribution < 1.29 is 4.79 Å². The third-order valence-corrected chi connectivity index (χ3v) is 7.08. The zero-order valence-corrected chi connectivity index (χ0v) is 18.3. The molecule has 1 aromatic carbocycles. The van der Waals surface area contributed by atoms with E-state index in [4.69, 9.17) is 0 Å². The molecule has 0 fully saturated rings. The molecule has 1 aliphatic carbocycles. The number of carbonyl (C=O) groups excluding carboxylic acids is 1. The van der Waals surface area contributed by atoms with Crippen molar-refractivity contribution in [3.63, 3.8) is 0 Å². The summed E-state index contributed by atoms with van der Waals surface area (Å²) in [6.45, 7) is 6.63. The van der Waals surface area contributed by atoms with Crippen LogP contribution in [0.3, 0.4) is 0 Å². The number of aromatic nitrogens is 1. The highest BCUT2D eigenvalue weighted by Gasteiger charge is 2.30. The van der Waals surface area contributed by atoms with Gasteiger partial charge in [-0.15, -0.1) is 0 Å². The summed E-state index contributed by atoms with van der Waals surface area (Å²) in [5.74, 6) is 1.20. The normalized spacial score (nSPS) is 20.5. The highest BCUT2D eigenvalue weighted by atomic mass is 79.9. The van der Waals surface area contributed by atoms with Crippen LogP contribution in [-0.2, 0) is 11.2 Å². The van der Waals surface area contributed by atoms with Crippen LogP contribution in [0.25, 0.3) is 11.6 Å². The number of nitrogens with one attached hydrogen (secondary N) is 2. The van der Waals surface area contributed by atoms with Crippen LogP contribution < -0.4 is 5.32 Å². The molecule has 1 atom stereocenters. The Hall–Kier alpha value is -1.33. The Kier molecular flexibility index (Phi) is 4.64. The Morgan fingerprint density at radius 3 is 2.73 bits per heavy atom. The van der Waals surface area contributed by atoms with Crippen molar-refractivity contribution >= 4 is 55.1 Å². The first-order chi connectivity index (χ1) is 12.4. The van der Waals surface area contributed by atoms with Gasteiger partial charge in [-0.05, 0) is 83.3 Å². The maximum absolute atomic E-state index is 12.6. The van der Waals surface area contributed by atoms with Crippen molar-refractivity contribution in [3.05, 3.63) is 49.2 Å². The molecule has 2 aliphatic rings. The SMILES string of the molecule is Cc1c(Br)cc(Br)c2c1C(=Cc1cc3c([nH]1)CCCC3C(C)C)C(=O)N2. The fraction of sp³-hybridized carbons (Fsp3) is 0.381. The molecule has 136 valence electrons. The highest BCUT2D eigenvalue weighted by Crippen LogP contribution is 2.44. The molecule has 0 saturated heterocycles. The topological polar surface area (TPSA) is 44.9 Å². The number of hydrogen-bond donors (Lipinski definition) is 2. The lowest BCUT2D eigenvalue weighted by Gasteiger charge is -2.25. The third-order valence-electron chi connectivity index (χ3n) is 5.63. The Bertz CT molecular complexity index is 940. The first-order valence-corrected chi connectivity index (χ1v) is 10.7. The van der Waals surface area contributed by atoms with Gasteiger partial charge in [0.15, 0.2) is 0 Å². The van der Waals surface area contributed by atoms with E-state index >= 15 is 0 Å². The fourth-order valence-corrected chi connectivity index (χ4v) is 5.52. The van der Waals surface area contributed by atoms with E-state index in [9.17, 15) is 4.79 Å². The molecule has 2 aromatic rings. The molecule has 2 heterocycles. The van der Waals surface area contributed by atoms with Gasteiger partial charge >= 0.3 is 0 Å². The van der Waals surface area contributed by atoms with Crippen LogP contribution in [0.2, 0.25) is 0 Å². The number of carbonyl (C=O) groups is 1. The van der Waals surface area contributed by atoms with Crippen molar-refractivity contribution in [1.29, 1.82) is 0 Å². The van der Waals surface area contributed by atoms with Crippen molar-refractivity contribution in [2.45, 2.75) is 46.0 Å². The summed E-state index contributed by atoms with van der Waals surface area (Å²) in [5.41, 5.74) is 7.43. The van der Waals surface area contributed by atoms with Gasteiger partial charge in [0.05, 0.1) is 11.3 Å². The molecular weight excluding hydrogens is 456 g/mol. The third kappa shape index (κ3) is 2.89. The van der Waals surface area contributed by atoms with Gasteiger partial charge < -0.3 is 10.3 Å². The highest BCUT2D eigenvalue weighted by molar-refractivity contribution is 9.11. The van der Waals surface area contributed by atoms with Gasteiger partial charge in [0, 0.05) is 25.9 Å². The molecule has 0 saturated carbocycles. The minimum absolute atomic E-state index is 0.0464. The van der Waals surface area contributed by atoms with Crippen LogP contribution in [0.5, 0.6) is 0 Å². The predicted octanol–water partition coefficient (Wildman–Crippen LogP) is 6.42. The predicted molar refractivity (Wildman–Crippen MR) is 114 cm³/mol. The molecule has 26 heavy (non-hydrogen) atoms. The number of hydrogen-bond acceptors (Lipinski definition) is 1. The Labute approximate surface area is 170 Å². The molecule has 3 nitrogen and oxygen atoms in total. The second-order valence-electron chi connectivity index (χ2n) is 7.63. The first-order valence-electron chi connectivity index (χ1n) is 9.10. The number of aryl methyl sites for hydroxylation is 1. The number of amides is 1. The second kappa shape index (κ2) is 6.68. The largest absolute Gasteiger partial charge is 0.359 e. The van der Waals surface area contributed by atoms with Crippen LogP contribution in [0.15, 0.2) is 21.1 Å². The molecular formula is C21H22Br2N2O. The lowest BCUT2D eigenvalue weighted by Crippen LogP contribution is -2.13. The van der Waals surface area contributed by atoms with Crippen molar-refractivity contribution in [2.24, 2.45) is 5.92 Å². The average Bonchev–Trinajstić information content (AvgIpc) is 3.14. The maximum Gasteiger partial charge on any atom is 0.256 e. The number of fused-ring (bicyclic) bond motifs is 2. The lowest BCUT2D eigenvalue weighted by atomic mass is 9.80. The fourth-order valence-electron chi connectivity index (χ4n) is 4.26. The monoisotopic (exact) mass is 476 g/mol. The summed E-state index contributed by atoms with van der Waals surface area (Å²) < 4.78 is 1.89. The molecule has 1 unspecified atom stereocenters. The lowest BCUT2D eigenvalue weighted by molar-refractivity contribution is -0.110. The van der Waals surface area contributed by atoms with E-state index < -0.39 is 0 Å². The molecule has 2 N–H and O–H groups in total. The number of anilines is 1. The molecule has 5 heteroatoms. The number of rotatable bonds is 2. The molecule has 1 aliphatic heterocycles. The number of H-pyrrole nitrogens is 1. The van der Waals surface area contributed by atoms with Crippen molar-refractivity contribution in [3.8, 4) is 0 Å².